The molecule has 1 amide bonds. The number of carbonyl (C=O) groups is 1. The van der Waals surface area contributed by atoms with Gasteiger partial charge in [-0.05, 0) is 44.9 Å². The van der Waals surface area contributed by atoms with Gasteiger partial charge in [0.1, 0.15) is 0 Å². The predicted molar refractivity (Wildman–Crippen MR) is 86.4 cm³/mol. The first kappa shape index (κ1) is 16.5. The molecular formula is C17H28N2O. The molecule has 20 heavy (non-hydrogen) atoms. The number of rotatable bonds is 8. The number of carbonyl (C=O) groups excluding carboxylic acids is 1. The molecule has 112 valence electrons. The van der Waals surface area contributed by atoms with Crippen LogP contribution in [0.1, 0.15) is 62.4 Å². The normalized spacial score (nSPS) is 12.0. The molecule has 1 rings (SSSR count). The minimum Gasteiger partial charge on any atom is -0.382 e. The highest BCUT2D eigenvalue weighted by atomic mass is 16.1. The van der Waals surface area contributed by atoms with E-state index in [9.17, 15) is 4.79 Å². The Morgan fingerprint density at radius 3 is 2.65 bits per heavy atom. The van der Waals surface area contributed by atoms with Crippen molar-refractivity contribution in [3.05, 3.63) is 29.3 Å². The fourth-order valence-electron chi connectivity index (χ4n) is 2.22. The Morgan fingerprint density at radius 1 is 1.25 bits per heavy atom. The van der Waals surface area contributed by atoms with Gasteiger partial charge >= 0.3 is 0 Å². The van der Waals surface area contributed by atoms with Gasteiger partial charge in [-0.25, -0.2) is 0 Å². The minimum absolute atomic E-state index is 0.00538. The van der Waals surface area contributed by atoms with Gasteiger partial charge in [0, 0.05) is 23.8 Å². The Labute approximate surface area is 123 Å². The molecule has 0 bridgehead atoms. The first-order valence-electron chi connectivity index (χ1n) is 7.73. The third-order valence-electron chi connectivity index (χ3n) is 3.48. The van der Waals surface area contributed by atoms with Crippen molar-refractivity contribution in [2.75, 3.05) is 11.9 Å². The van der Waals surface area contributed by atoms with Crippen LogP contribution in [0.4, 0.5) is 5.69 Å². The summed E-state index contributed by atoms with van der Waals surface area (Å²) < 4.78 is 0. The predicted octanol–water partition coefficient (Wildman–Crippen LogP) is 4.13. The maximum absolute atomic E-state index is 11.9. The quantitative estimate of drug-likeness (QED) is 0.701. The summed E-state index contributed by atoms with van der Waals surface area (Å²) in [5.41, 5.74) is 2.97. The highest BCUT2D eigenvalue weighted by Gasteiger charge is 2.09. The second-order valence-corrected chi connectivity index (χ2v) is 5.43. The van der Waals surface area contributed by atoms with Gasteiger partial charge in [0.15, 0.2) is 0 Å². The van der Waals surface area contributed by atoms with Crippen molar-refractivity contribution in [3.63, 3.8) is 0 Å². The molecule has 3 nitrogen and oxygen atoms in total. The van der Waals surface area contributed by atoms with Crippen LogP contribution in [0.15, 0.2) is 18.2 Å². The topological polar surface area (TPSA) is 41.1 Å². The van der Waals surface area contributed by atoms with E-state index in [4.69, 9.17) is 0 Å². The summed E-state index contributed by atoms with van der Waals surface area (Å²) in [6.07, 6.45) is 4.95. The lowest BCUT2D eigenvalue weighted by molar-refractivity contribution is 0.0956. The van der Waals surface area contributed by atoms with Crippen LogP contribution in [0, 0.1) is 6.92 Å². The Bertz CT molecular complexity index is 429. The van der Waals surface area contributed by atoms with Crippen molar-refractivity contribution < 1.29 is 4.79 Å². The Balaban J connectivity index is 2.68. The highest BCUT2D eigenvalue weighted by molar-refractivity contribution is 5.95. The average molecular weight is 276 g/mol. The van der Waals surface area contributed by atoms with E-state index in [1.807, 2.05) is 25.1 Å². The van der Waals surface area contributed by atoms with E-state index in [1.54, 1.807) is 0 Å². The summed E-state index contributed by atoms with van der Waals surface area (Å²) in [5.74, 6) is -0.00538. The zero-order chi connectivity index (χ0) is 15.0. The number of aryl methyl sites for hydroxylation is 1. The van der Waals surface area contributed by atoms with Crippen molar-refractivity contribution in [1.82, 2.24) is 5.32 Å². The molecule has 0 aliphatic rings. The van der Waals surface area contributed by atoms with Gasteiger partial charge in [0.2, 0.25) is 0 Å². The first-order valence-corrected chi connectivity index (χ1v) is 7.73. The van der Waals surface area contributed by atoms with Gasteiger partial charge in [0.25, 0.3) is 5.91 Å². The molecule has 0 fully saturated rings. The third-order valence-corrected chi connectivity index (χ3v) is 3.48. The zero-order valence-electron chi connectivity index (χ0n) is 13.3. The van der Waals surface area contributed by atoms with Crippen molar-refractivity contribution in [3.8, 4) is 0 Å². The molecule has 0 heterocycles. The molecule has 1 aromatic carbocycles. The summed E-state index contributed by atoms with van der Waals surface area (Å²) in [5, 5.41) is 6.36. The highest BCUT2D eigenvalue weighted by Crippen LogP contribution is 2.19. The Morgan fingerprint density at radius 2 is 2.00 bits per heavy atom. The van der Waals surface area contributed by atoms with E-state index in [-0.39, 0.29) is 5.91 Å². The number of anilines is 1. The molecule has 0 spiro atoms. The minimum atomic E-state index is -0.00538. The molecule has 3 heteroatoms. The van der Waals surface area contributed by atoms with Crippen LogP contribution in [0.5, 0.6) is 0 Å². The smallest absolute Gasteiger partial charge is 0.251 e. The van der Waals surface area contributed by atoms with Crippen LogP contribution in [0.3, 0.4) is 0 Å². The van der Waals surface area contributed by atoms with E-state index in [2.05, 4.69) is 31.4 Å². The SMILES string of the molecule is CCCCCC(C)Nc1cc(C(=O)NCC)ccc1C. The maximum atomic E-state index is 11.9. The van der Waals surface area contributed by atoms with Crippen LogP contribution >= 0.6 is 0 Å². The molecule has 0 aliphatic heterocycles. The van der Waals surface area contributed by atoms with Crippen molar-refractivity contribution in [1.29, 1.82) is 0 Å². The van der Waals surface area contributed by atoms with Gasteiger partial charge in [0.05, 0.1) is 0 Å². The van der Waals surface area contributed by atoms with Gasteiger partial charge in [-0.3, -0.25) is 4.79 Å². The summed E-state index contributed by atoms with van der Waals surface area (Å²) >= 11 is 0. The molecule has 1 unspecified atom stereocenters. The van der Waals surface area contributed by atoms with Crippen LogP contribution in [0.2, 0.25) is 0 Å². The fraction of sp³-hybridized carbons (Fsp3) is 0.588. The number of benzene rings is 1. The number of hydrogen-bond donors (Lipinski definition) is 2. The molecule has 0 saturated carbocycles. The lowest BCUT2D eigenvalue weighted by Crippen LogP contribution is -2.23. The second kappa shape index (κ2) is 8.62. The van der Waals surface area contributed by atoms with Crippen LogP contribution < -0.4 is 10.6 Å². The first-order chi connectivity index (χ1) is 9.58. The van der Waals surface area contributed by atoms with Crippen LogP contribution in [0.25, 0.3) is 0 Å². The van der Waals surface area contributed by atoms with Crippen molar-refractivity contribution in [2.45, 2.75) is 59.4 Å². The molecule has 1 aromatic rings. The Hall–Kier alpha value is -1.51. The molecular weight excluding hydrogens is 248 g/mol. The van der Waals surface area contributed by atoms with E-state index >= 15 is 0 Å². The standard InChI is InChI=1S/C17H28N2O/c1-5-7-8-9-14(4)19-16-12-15(11-10-13(16)3)17(20)18-6-2/h10-12,14,19H,5-9H2,1-4H3,(H,18,20). The molecule has 2 N–H and O–H groups in total. The lowest BCUT2D eigenvalue weighted by atomic mass is 10.1. The number of hydrogen-bond acceptors (Lipinski definition) is 2. The fourth-order valence-corrected chi connectivity index (χ4v) is 2.22. The van der Waals surface area contributed by atoms with E-state index in [0.29, 0.717) is 12.6 Å². The lowest BCUT2D eigenvalue weighted by Gasteiger charge is -2.17. The third kappa shape index (κ3) is 5.24. The van der Waals surface area contributed by atoms with E-state index in [0.717, 1.165) is 11.3 Å². The van der Waals surface area contributed by atoms with E-state index < -0.39 is 0 Å². The summed E-state index contributed by atoms with van der Waals surface area (Å²) in [6, 6.07) is 6.28. The number of amides is 1. The van der Waals surface area contributed by atoms with Crippen LogP contribution in [-0.2, 0) is 0 Å². The number of unbranched alkanes of at least 4 members (excludes halogenated alkanes) is 2. The zero-order valence-corrected chi connectivity index (χ0v) is 13.3. The molecule has 0 saturated heterocycles. The van der Waals surface area contributed by atoms with Gasteiger partial charge in [-0.1, -0.05) is 32.3 Å². The maximum Gasteiger partial charge on any atom is 0.251 e. The van der Waals surface area contributed by atoms with Gasteiger partial charge < -0.3 is 10.6 Å². The van der Waals surface area contributed by atoms with Gasteiger partial charge in [-0.15, -0.1) is 0 Å². The van der Waals surface area contributed by atoms with Crippen molar-refractivity contribution in [2.24, 2.45) is 0 Å². The summed E-state index contributed by atoms with van der Waals surface area (Å²) in [4.78, 5) is 11.9. The van der Waals surface area contributed by atoms with Crippen molar-refractivity contribution >= 4 is 11.6 Å². The molecule has 0 aliphatic carbocycles. The molecule has 1 atom stereocenters. The molecule has 0 radical (unpaired) electrons. The molecule has 0 aromatic heterocycles. The summed E-state index contributed by atoms with van der Waals surface area (Å²) in [6.45, 7) is 9.08. The van der Waals surface area contributed by atoms with E-state index in [1.165, 1.54) is 31.2 Å². The van der Waals surface area contributed by atoms with Crippen LogP contribution in [-0.4, -0.2) is 18.5 Å². The largest absolute Gasteiger partial charge is 0.382 e. The summed E-state index contributed by atoms with van der Waals surface area (Å²) in [7, 11) is 0. The number of nitrogens with one attached hydrogen (secondary N) is 2. The second-order valence-electron chi connectivity index (χ2n) is 5.43. The van der Waals surface area contributed by atoms with Gasteiger partial charge in [-0.2, -0.15) is 0 Å². The average Bonchev–Trinajstić information content (AvgIpc) is 2.42. The Kier molecular flexibility index (Phi) is 7.13. The monoisotopic (exact) mass is 276 g/mol.